The van der Waals surface area contributed by atoms with Crippen LogP contribution in [-0.2, 0) is 11.2 Å². The van der Waals surface area contributed by atoms with Crippen LogP contribution < -0.4 is 5.32 Å². The molecule has 0 radical (unpaired) electrons. The fourth-order valence-corrected chi connectivity index (χ4v) is 3.28. The summed E-state index contributed by atoms with van der Waals surface area (Å²) >= 11 is 0. The fraction of sp³-hybridized carbons (Fsp3) is 0.533. The molecule has 1 saturated heterocycles. The van der Waals surface area contributed by atoms with Gasteiger partial charge in [0, 0.05) is 11.7 Å². The number of aliphatic hydroxyl groups excluding tert-OH is 1. The smallest absolute Gasteiger partial charge is 0.241 e. The van der Waals surface area contributed by atoms with Crippen molar-refractivity contribution in [3.05, 3.63) is 29.8 Å². The van der Waals surface area contributed by atoms with Gasteiger partial charge in [-0.3, -0.25) is 9.69 Å². The SMILES string of the molecule is O=C1Nc2ccccc2CCC1N1CCC[C@@H]1CO. The third kappa shape index (κ3) is 2.38. The molecule has 1 amide bonds. The molecule has 3 rings (SSSR count). The van der Waals surface area contributed by atoms with Gasteiger partial charge >= 0.3 is 0 Å². The number of para-hydroxylation sites is 1. The first-order chi connectivity index (χ1) is 9.29. The molecule has 2 heterocycles. The number of rotatable bonds is 2. The van der Waals surface area contributed by atoms with Crippen LogP contribution in [0.5, 0.6) is 0 Å². The second kappa shape index (κ2) is 5.31. The number of aliphatic hydroxyl groups is 1. The molecule has 2 N–H and O–H groups in total. The number of aryl methyl sites for hydroxylation is 1. The van der Waals surface area contributed by atoms with Gasteiger partial charge in [-0.1, -0.05) is 18.2 Å². The van der Waals surface area contributed by atoms with Gasteiger partial charge in [0.2, 0.25) is 5.91 Å². The molecule has 102 valence electrons. The van der Waals surface area contributed by atoms with Crippen molar-refractivity contribution < 1.29 is 9.90 Å². The van der Waals surface area contributed by atoms with Crippen LogP contribution in [0.15, 0.2) is 24.3 Å². The molecule has 1 unspecified atom stereocenters. The van der Waals surface area contributed by atoms with Gasteiger partial charge in [0.15, 0.2) is 0 Å². The van der Waals surface area contributed by atoms with E-state index in [1.54, 1.807) is 0 Å². The number of fused-ring (bicyclic) bond motifs is 1. The number of hydrogen-bond acceptors (Lipinski definition) is 3. The Morgan fingerprint density at radius 3 is 3.00 bits per heavy atom. The Bertz CT molecular complexity index is 475. The van der Waals surface area contributed by atoms with Crippen molar-refractivity contribution in [2.75, 3.05) is 18.5 Å². The van der Waals surface area contributed by atoms with Crippen molar-refractivity contribution in [1.29, 1.82) is 0 Å². The molecular formula is C15H20N2O2. The van der Waals surface area contributed by atoms with E-state index in [0.29, 0.717) is 0 Å². The summed E-state index contributed by atoms with van der Waals surface area (Å²) in [7, 11) is 0. The number of anilines is 1. The molecule has 2 atom stereocenters. The van der Waals surface area contributed by atoms with Crippen LogP contribution in [0.4, 0.5) is 5.69 Å². The topological polar surface area (TPSA) is 52.6 Å². The first-order valence-electron chi connectivity index (χ1n) is 7.05. The van der Waals surface area contributed by atoms with E-state index in [4.69, 9.17) is 0 Å². The van der Waals surface area contributed by atoms with Crippen molar-refractivity contribution in [1.82, 2.24) is 4.90 Å². The lowest BCUT2D eigenvalue weighted by molar-refractivity contribution is -0.122. The van der Waals surface area contributed by atoms with Gasteiger partial charge in [-0.05, 0) is 43.9 Å². The van der Waals surface area contributed by atoms with Crippen LogP contribution in [0, 0.1) is 0 Å². The third-order valence-electron chi connectivity index (χ3n) is 4.30. The average molecular weight is 260 g/mol. The summed E-state index contributed by atoms with van der Waals surface area (Å²) in [5.41, 5.74) is 2.15. The molecule has 0 aliphatic carbocycles. The molecular weight excluding hydrogens is 240 g/mol. The zero-order valence-corrected chi connectivity index (χ0v) is 11.0. The van der Waals surface area contributed by atoms with Crippen molar-refractivity contribution in [3.8, 4) is 0 Å². The predicted molar refractivity (Wildman–Crippen MR) is 74.0 cm³/mol. The van der Waals surface area contributed by atoms with Crippen molar-refractivity contribution in [2.24, 2.45) is 0 Å². The van der Waals surface area contributed by atoms with Crippen molar-refractivity contribution in [2.45, 2.75) is 37.8 Å². The van der Waals surface area contributed by atoms with Gasteiger partial charge < -0.3 is 10.4 Å². The Labute approximate surface area is 113 Å². The summed E-state index contributed by atoms with van der Waals surface area (Å²) in [6.07, 6.45) is 3.81. The van der Waals surface area contributed by atoms with E-state index in [1.807, 2.05) is 18.2 Å². The highest BCUT2D eigenvalue weighted by Gasteiger charge is 2.35. The number of carbonyl (C=O) groups is 1. The minimum atomic E-state index is -0.105. The molecule has 0 aromatic heterocycles. The minimum absolute atomic E-state index is 0.0744. The van der Waals surface area contributed by atoms with Gasteiger partial charge in [-0.15, -0.1) is 0 Å². The molecule has 4 heteroatoms. The first-order valence-corrected chi connectivity index (χ1v) is 7.05. The zero-order chi connectivity index (χ0) is 13.2. The lowest BCUT2D eigenvalue weighted by Gasteiger charge is -2.30. The van der Waals surface area contributed by atoms with Gasteiger partial charge in [0.1, 0.15) is 0 Å². The van der Waals surface area contributed by atoms with Crippen molar-refractivity contribution >= 4 is 11.6 Å². The molecule has 1 aromatic carbocycles. The summed E-state index contributed by atoms with van der Waals surface area (Å²) in [5.74, 6) is 0.0744. The maximum Gasteiger partial charge on any atom is 0.241 e. The van der Waals surface area contributed by atoms with E-state index >= 15 is 0 Å². The number of nitrogens with one attached hydrogen (secondary N) is 1. The lowest BCUT2D eigenvalue weighted by atomic mass is 10.0. The Morgan fingerprint density at radius 2 is 2.16 bits per heavy atom. The van der Waals surface area contributed by atoms with Gasteiger partial charge in [-0.25, -0.2) is 0 Å². The maximum absolute atomic E-state index is 12.4. The minimum Gasteiger partial charge on any atom is -0.395 e. The standard InChI is InChI=1S/C15H20N2O2/c18-10-12-5-3-9-17(12)14-8-7-11-4-1-2-6-13(11)16-15(14)19/h1-2,4,6,12,14,18H,3,5,7-10H2,(H,16,19)/t12-,14?/m1/s1. The Balaban J connectivity index is 1.81. The monoisotopic (exact) mass is 260 g/mol. The van der Waals surface area contributed by atoms with E-state index in [9.17, 15) is 9.90 Å². The Kier molecular flexibility index (Phi) is 3.53. The Morgan fingerprint density at radius 1 is 1.32 bits per heavy atom. The van der Waals surface area contributed by atoms with Crippen LogP contribution in [0.25, 0.3) is 0 Å². The van der Waals surface area contributed by atoms with Crippen LogP contribution in [0.2, 0.25) is 0 Å². The number of likely N-dealkylation sites (tertiary alicyclic amines) is 1. The molecule has 2 aliphatic heterocycles. The number of carbonyl (C=O) groups excluding carboxylic acids is 1. The van der Waals surface area contributed by atoms with Gasteiger partial charge in [0.05, 0.1) is 12.6 Å². The molecule has 0 saturated carbocycles. The van der Waals surface area contributed by atoms with Crippen molar-refractivity contribution in [3.63, 3.8) is 0 Å². The Hall–Kier alpha value is -1.39. The van der Waals surface area contributed by atoms with E-state index in [2.05, 4.69) is 16.3 Å². The maximum atomic E-state index is 12.4. The average Bonchev–Trinajstić information content (AvgIpc) is 2.82. The molecule has 4 nitrogen and oxygen atoms in total. The van der Waals surface area contributed by atoms with E-state index in [0.717, 1.165) is 37.9 Å². The fourth-order valence-electron chi connectivity index (χ4n) is 3.28. The first kappa shape index (κ1) is 12.6. The number of benzene rings is 1. The number of amides is 1. The quantitative estimate of drug-likeness (QED) is 0.845. The summed E-state index contributed by atoms with van der Waals surface area (Å²) < 4.78 is 0. The molecule has 2 aliphatic rings. The number of hydrogen-bond donors (Lipinski definition) is 2. The summed E-state index contributed by atoms with van der Waals surface area (Å²) in [4.78, 5) is 14.6. The van der Waals surface area contributed by atoms with Crippen LogP contribution in [-0.4, -0.2) is 41.1 Å². The molecule has 1 fully saturated rings. The normalized spacial score (nSPS) is 27.7. The highest BCUT2D eigenvalue weighted by atomic mass is 16.3. The van der Waals surface area contributed by atoms with Crippen LogP contribution in [0.1, 0.15) is 24.8 Å². The van der Waals surface area contributed by atoms with E-state index in [1.165, 1.54) is 5.56 Å². The molecule has 0 bridgehead atoms. The largest absolute Gasteiger partial charge is 0.395 e. The van der Waals surface area contributed by atoms with Gasteiger partial charge in [0.25, 0.3) is 0 Å². The highest BCUT2D eigenvalue weighted by molar-refractivity contribution is 5.96. The second-order valence-corrected chi connectivity index (χ2v) is 5.42. The summed E-state index contributed by atoms with van der Waals surface area (Å²) in [6, 6.07) is 8.04. The van der Waals surface area contributed by atoms with E-state index in [-0.39, 0.29) is 24.6 Å². The molecule has 19 heavy (non-hydrogen) atoms. The molecule has 0 spiro atoms. The lowest BCUT2D eigenvalue weighted by Crippen LogP contribution is -2.47. The van der Waals surface area contributed by atoms with Gasteiger partial charge in [-0.2, -0.15) is 0 Å². The number of nitrogens with zero attached hydrogens (tertiary/aromatic N) is 1. The molecule has 1 aromatic rings. The second-order valence-electron chi connectivity index (χ2n) is 5.42. The van der Waals surface area contributed by atoms with Crippen LogP contribution in [0.3, 0.4) is 0 Å². The van der Waals surface area contributed by atoms with E-state index < -0.39 is 0 Å². The summed E-state index contributed by atoms with van der Waals surface area (Å²) in [5, 5.41) is 12.5. The highest BCUT2D eigenvalue weighted by Crippen LogP contribution is 2.27. The zero-order valence-electron chi connectivity index (χ0n) is 11.0. The predicted octanol–water partition coefficient (Wildman–Crippen LogP) is 1.40. The summed E-state index contributed by atoms with van der Waals surface area (Å²) in [6.45, 7) is 1.07. The third-order valence-corrected chi connectivity index (χ3v) is 4.30. The van der Waals surface area contributed by atoms with Crippen LogP contribution >= 0.6 is 0 Å².